The van der Waals surface area contributed by atoms with Crippen LogP contribution in [0.3, 0.4) is 0 Å². The molecular weight excluding hydrogens is 462 g/mol. The van der Waals surface area contributed by atoms with Gasteiger partial charge in [-0.1, -0.05) is 12.8 Å². The molecule has 1 aliphatic heterocycles. The van der Waals surface area contributed by atoms with E-state index in [-0.39, 0.29) is 48.0 Å². The molecule has 1 heterocycles. The summed E-state index contributed by atoms with van der Waals surface area (Å²) in [5.74, 6) is 0. The maximum atomic E-state index is 2.59. The summed E-state index contributed by atoms with van der Waals surface area (Å²) in [5.41, 5.74) is 0. The van der Waals surface area contributed by atoms with E-state index < -0.39 is 0 Å². The van der Waals surface area contributed by atoms with Crippen molar-refractivity contribution in [2.75, 3.05) is 34.7 Å². The molecule has 0 saturated carbocycles. The Morgan fingerprint density at radius 2 is 1.58 bits per heavy atom. The van der Waals surface area contributed by atoms with Gasteiger partial charge in [0.15, 0.2) is 0 Å². The molecule has 0 spiro atoms. The standard InChI is InChI=1S/C15H33N2.2HI/c1-14-11-12-15(16(14)2)10-8-6-7-9-13-17(3,4)5;;/h14-15H,6-13H2,1-5H3;2*1H/q+1;;/p-1. The third-order valence-corrected chi connectivity index (χ3v) is 4.31. The third-order valence-electron chi connectivity index (χ3n) is 4.31. The number of rotatable bonds is 7. The van der Waals surface area contributed by atoms with E-state index in [1.807, 2.05) is 0 Å². The molecule has 1 fully saturated rings. The first-order valence-corrected chi connectivity index (χ1v) is 7.42. The zero-order valence-electron chi connectivity index (χ0n) is 13.5. The molecule has 2 unspecified atom stereocenters. The van der Waals surface area contributed by atoms with Crippen LogP contribution < -0.4 is 24.0 Å². The Kier molecular flexibility index (Phi) is 13.1. The molecule has 0 N–H and O–H groups in total. The minimum Gasteiger partial charge on any atom is -1.00 e. The average Bonchev–Trinajstić information content (AvgIpc) is 2.53. The molecule has 4 heteroatoms. The van der Waals surface area contributed by atoms with Crippen molar-refractivity contribution in [2.24, 2.45) is 0 Å². The van der Waals surface area contributed by atoms with Crippen LogP contribution in [0.2, 0.25) is 0 Å². The van der Waals surface area contributed by atoms with Crippen LogP contribution in [-0.2, 0) is 0 Å². The van der Waals surface area contributed by atoms with Crippen molar-refractivity contribution in [1.29, 1.82) is 0 Å². The summed E-state index contributed by atoms with van der Waals surface area (Å²) in [5, 5.41) is 0. The molecule has 19 heavy (non-hydrogen) atoms. The van der Waals surface area contributed by atoms with Crippen molar-refractivity contribution in [1.82, 2.24) is 4.90 Å². The van der Waals surface area contributed by atoms with Gasteiger partial charge in [0.05, 0.1) is 27.7 Å². The molecule has 2 atom stereocenters. The first-order chi connectivity index (χ1) is 7.90. The quantitative estimate of drug-likeness (QED) is 0.286. The van der Waals surface area contributed by atoms with Gasteiger partial charge in [0.1, 0.15) is 0 Å². The second-order valence-electron chi connectivity index (χ2n) is 6.96. The van der Waals surface area contributed by atoms with Gasteiger partial charge in [0, 0.05) is 12.1 Å². The summed E-state index contributed by atoms with van der Waals surface area (Å²) >= 11 is 0. The van der Waals surface area contributed by atoms with E-state index in [4.69, 9.17) is 0 Å². The Morgan fingerprint density at radius 1 is 1.00 bits per heavy atom. The van der Waals surface area contributed by atoms with E-state index in [1.54, 1.807) is 0 Å². The van der Waals surface area contributed by atoms with Gasteiger partial charge in [-0.2, -0.15) is 0 Å². The van der Waals surface area contributed by atoms with Crippen LogP contribution in [0.1, 0.15) is 51.9 Å². The van der Waals surface area contributed by atoms with Crippen molar-refractivity contribution < 1.29 is 28.5 Å². The predicted molar refractivity (Wildman–Crippen MR) is 91.6 cm³/mol. The number of hydrogen-bond acceptors (Lipinski definition) is 1. The van der Waals surface area contributed by atoms with E-state index in [0.29, 0.717) is 0 Å². The van der Waals surface area contributed by atoms with E-state index in [2.05, 4.69) is 40.0 Å². The van der Waals surface area contributed by atoms with Gasteiger partial charge in [-0.05, 0) is 46.1 Å². The van der Waals surface area contributed by atoms with Crippen LogP contribution in [0, 0.1) is 0 Å². The smallest absolute Gasteiger partial charge is 0.0780 e. The molecule has 1 aliphatic rings. The van der Waals surface area contributed by atoms with Crippen molar-refractivity contribution in [3.8, 4) is 0 Å². The topological polar surface area (TPSA) is 3.24 Å². The minimum absolute atomic E-state index is 0. The van der Waals surface area contributed by atoms with Crippen molar-refractivity contribution >= 4 is 24.0 Å². The van der Waals surface area contributed by atoms with E-state index in [1.165, 1.54) is 51.5 Å². The van der Waals surface area contributed by atoms with Crippen LogP contribution >= 0.6 is 24.0 Å². The molecule has 0 radical (unpaired) electrons. The molecule has 1 saturated heterocycles. The lowest BCUT2D eigenvalue weighted by Crippen LogP contribution is -3.00. The van der Waals surface area contributed by atoms with Crippen molar-refractivity contribution in [2.45, 2.75) is 64.0 Å². The van der Waals surface area contributed by atoms with Crippen LogP contribution in [0.4, 0.5) is 0 Å². The van der Waals surface area contributed by atoms with E-state index >= 15 is 0 Å². The third kappa shape index (κ3) is 9.85. The highest BCUT2D eigenvalue weighted by Crippen LogP contribution is 2.25. The zero-order chi connectivity index (χ0) is 12.9. The average molecular weight is 496 g/mol. The number of halogens is 2. The van der Waals surface area contributed by atoms with Gasteiger partial charge >= 0.3 is 0 Å². The summed E-state index contributed by atoms with van der Waals surface area (Å²) in [6.45, 7) is 3.68. The highest BCUT2D eigenvalue weighted by Gasteiger charge is 2.26. The van der Waals surface area contributed by atoms with E-state index in [9.17, 15) is 0 Å². The van der Waals surface area contributed by atoms with Gasteiger partial charge in [-0.25, -0.2) is 0 Å². The number of nitrogens with zero attached hydrogens (tertiary/aromatic N) is 2. The Bertz CT molecular complexity index is 217. The SMILES string of the molecule is CC1CCC(CCCCCC[N+](C)(C)C)N1C.I.[I-]. The highest BCUT2D eigenvalue weighted by atomic mass is 127. The second-order valence-corrected chi connectivity index (χ2v) is 6.96. The maximum absolute atomic E-state index is 2.59. The van der Waals surface area contributed by atoms with Gasteiger partial charge in [0.25, 0.3) is 0 Å². The lowest BCUT2D eigenvalue weighted by Gasteiger charge is -2.24. The largest absolute Gasteiger partial charge is 1.00 e. The molecule has 0 aliphatic carbocycles. The molecule has 1 rings (SSSR count). The minimum atomic E-state index is 0. The monoisotopic (exact) mass is 496 g/mol. The molecule has 0 aromatic rings. The molecule has 2 nitrogen and oxygen atoms in total. The van der Waals surface area contributed by atoms with Gasteiger partial charge in [-0.15, -0.1) is 24.0 Å². The molecule has 118 valence electrons. The van der Waals surface area contributed by atoms with Crippen LogP contribution in [0.15, 0.2) is 0 Å². The van der Waals surface area contributed by atoms with E-state index in [0.717, 1.165) is 16.6 Å². The lowest BCUT2D eigenvalue weighted by molar-refractivity contribution is -0.870. The van der Waals surface area contributed by atoms with Crippen LogP contribution in [0.25, 0.3) is 0 Å². The fraction of sp³-hybridized carbons (Fsp3) is 1.00. The normalized spacial score (nSPS) is 23.8. The van der Waals surface area contributed by atoms with Crippen LogP contribution in [0.5, 0.6) is 0 Å². The first-order valence-electron chi connectivity index (χ1n) is 7.42. The zero-order valence-corrected chi connectivity index (χ0v) is 18.0. The Balaban J connectivity index is 0. The van der Waals surface area contributed by atoms with Gasteiger partial charge < -0.3 is 33.4 Å². The Hall–Kier alpha value is 1.38. The number of likely N-dealkylation sites (tertiary alicyclic amines) is 1. The predicted octanol–water partition coefficient (Wildman–Crippen LogP) is 0.748. The Morgan fingerprint density at radius 3 is 2.05 bits per heavy atom. The van der Waals surface area contributed by atoms with Crippen molar-refractivity contribution in [3.63, 3.8) is 0 Å². The summed E-state index contributed by atoms with van der Waals surface area (Å²) in [7, 11) is 9.16. The number of unbranched alkanes of at least 4 members (excludes halogenated alkanes) is 3. The Labute approximate surface area is 155 Å². The fourth-order valence-electron chi connectivity index (χ4n) is 2.87. The van der Waals surface area contributed by atoms with Gasteiger partial charge in [-0.3, -0.25) is 0 Å². The maximum Gasteiger partial charge on any atom is 0.0780 e. The molecule has 0 aromatic heterocycles. The van der Waals surface area contributed by atoms with Gasteiger partial charge in [0.2, 0.25) is 0 Å². The summed E-state index contributed by atoms with van der Waals surface area (Å²) < 4.78 is 1.11. The lowest BCUT2D eigenvalue weighted by atomic mass is 10.1. The summed E-state index contributed by atoms with van der Waals surface area (Å²) in [6, 6.07) is 1.70. The first kappa shape index (κ1) is 22.7. The molecule has 0 bridgehead atoms. The van der Waals surface area contributed by atoms with Crippen molar-refractivity contribution in [3.05, 3.63) is 0 Å². The summed E-state index contributed by atoms with van der Waals surface area (Å²) in [6.07, 6.45) is 9.92. The fourth-order valence-corrected chi connectivity index (χ4v) is 2.87. The highest BCUT2D eigenvalue weighted by molar-refractivity contribution is 14.0. The number of hydrogen-bond donors (Lipinski definition) is 0. The summed E-state index contributed by atoms with van der Waals surface area (Å²) in [4.78, 5) is 2.59. The molecule has 0 aromatic carbocycles. The molecule has 0 amide bonds. The number of quaternary nitrogens is 1. The second kappa shape index (κ2) is 11.0. The van der Waals surface area contributed by atoms with Crippen LogP contribution in [-0.4, -0.2) is 56.2 Å². The molecular formula is C15H34I2N2.